The lowest BCUT2D eigenvalue weighted by molar-refractivity contribution is -0.147. The van der Waals surface area contributed by atoms with Gasteiger partial charge in [0.05, 0.1) is 11.8 Å². The zero-order valence-corrected chi connectivity index (χ0v) is 14.0. The molecule has 1 saturated heterocycles. The molecule has 0 bridgehead atoms. The molecule has 0 spiro atoms. The molecule has 1 amide bonds. The molecule has 0 aromatic carbocycles. The van der Waals surface area contributed by atoms with E-state index < -0.39 is 17.8 Å². The quantitative estimate of drug-likeness (QED) is 0.698. The Morgan fingerprint density at radius 2 is 1.55 bits per heavy atom. The zero-order chi connectivity index (χ0) is 16.5. The number of carboxylic acids is 1. The van der Waals surface area contributed by atoms with Gasteiger partial charge in [0.15, 0.2) is 0 Å². The van der Waals surface area contributed by atoms with Crippen LogP contribution in [0.4, 0.5) is 0 Å². The number of piperidine rings is 1. The van der Waals surface area contributed by atoms with E-state index in [0.29, 0.717) is 12.8 Å². The second-order valence-electron chi connectivity index (χ2n) is 8.00. The van der Waals surface area contributed by atoms with Crippen LogP contribution in [0.5, 0.6) is 0 Å². The summed E-state index contributed by atoms with van der Waals surface area (Å²) in [4.78, 5) is 23.9. The Balaban J connectivity index is 2.04. The van der Waals surface area contributed by atoms with Crippen molar-refractivity contribution in [3.05, 3.63) is 12.2 Å². The Hall–Kier alpha value is -1.36. The third-order valence-electron chi connectivity index (χ3n) is 4.62. The highest BCUT2D eigenvalue weighted by atomic mass is 16.4. The van der Waals surface area contributed by atoms with E-state index >= 15 is 0 Å². The van der Waals surface area contributed by atoms with Gasteiger partial charge in [-0.2, -0.15) is 0 Å². The molecule has 0 aromatic rings. The number of carboxylic acid groups (broad SMARTS) is 1. The van der Waals surface area contributed by atoms with E-state index in [1.54, 1.807) is 0 Å². The lowest BCUT2D eigenvalue weighted by atomic mass is 9.78. The minimum absolute atomic E-state index is 0.0433. The van der Waals surface area contributed by atoms with Crippen LogP contribution in [-0.2, 0) is 9.59 Å². The molecule has 1 aliphatic carbocycles. The standard InChI is InChI=1S/C17H28N2O3/c1-16(2)9-11(10-17(3,4)19-16)18-14(20)12-7-5-6-8-13(12)15(21)22/h5-6,11-13,19H,7-10H2,1-4H3,(H,18,20)(H,21,22). The molecule has 1 heterocycles. The largest absolute Gasteiger partial charge is 0.481 e. The van der Waals surface area contributed by atoms with E-state index in [1.165, 1.54) is 0 Å². The number of hydrogen-bond donors (Lipinski definition) is 3. The minimum Gasteiger partial charge on any atom is -0.481 e. The Morgan fingerprint density at radius 3 is 2.05 bits per heavy atom. The number of carbonyl (C=O) groups excluding carboxylic acids is 1. The summed E-state index contributed by atoms with van der Waals surface area (Å²) in [5.41, 5.74) is -0.0866. The van der Waals surface area contributed by atoms with E-state index in [-0.39, 0.29) is 23.0 Å². The van der Waals surface area contributed by atoms with Crippen LogP contribution < -0.4 is 10.6 Å². The summed E-state index contributed by atoms with van der Waals surface area (Å²) in [5, 5.41) is 16.0. The number of nitrogens with one attached hydrogen (secondary N) is 2. The molecule has 1 aliphatic heterocycles. The third-order valence-corrected chi connectivity index (χ3v) is 4.62. The maximum atomic E-state index is 12.6. The van der Waals surface area contributed by atoms with Crippen molar-refractivity contribution in [2.45, 2.75) is 70.5 Å². The van der Waals surface area contributed by atoms with Gasteiger partial charge in [-0.3, -0.25) is 9.59 Å². The van der Waals surface area contributed by atoms with Gasteiger partial charge in [-0.25, -0.2) is 0 Å². The van der Waals surface area contributed by atoms with Gasteiger partial charge in [-0.1, -0.05) is 12.2 Å². The van der Waals surface area contributed by atoms with Crippen molar-refractivity contribution < 1.29 is 14.7 Å². The second-order valence-corrected chi connectivity index (χ2v) is 8.00. The molecular formula is C17H28N2O3. The van der Waals surface area contributed by atoms with E-state index in [0.717, 1.165) is 12.8 Å². The molecule has 0 aromatic heterocycles. The summed E-state index contributed by atoms with van der Waals surface area (Å²) < 4.78 is 0. The highest BCUT2D eigenvalue weighted by Crippen LogP contribution is 2.30. The third kappa shape index (κ3) is 4.09. The van der Waals surface area contributed by atoms with Gasteiger partial charge in [0.2, 0.25) is 5.91 Å². The number of carbonyl (C=O) groups is 2. The van der Waals surface area contributed by atoms with Crippen molar-refractivity contribution >= 4 is 11.9 Å². The molecular weight excluding hydrogens is 280 g/mol. The van der Waals surface area contributed by atoms with Crippen molar-refractivity contribution in [1.29, 1.82) is 0 Å². The molecule has 2 unspecified atom stereocenters. The molecule has 2 atom stereocenters. The number of aliphatic carboxylic acids is 1. The molecule has 5 nitrogen and oxygen atoms in total. The lowest BCUT2D eigenvalue weighted by Crippen LogP contribution is -2.62. The average molecular weight is 308 g/mol. The highest BCUT2D eigenvalue weighted by Gasteiger charge is 2.40. The van der Waals surface area contributed by atoms with Crippen LogP contribution in [0.3, 0.4) is 0 Å². The number of rotatable bonds is 3. The maximum Gasteiger partial charge on any atom is 0.307 e. The predicted octanol–water partition coefficient (Wildman–Crippen LogP) is 2.08. The summed E-state index contributed by atoms with van der Waals surface area (Å²) >= 11 is 0. The molecule has 0 saturated carbocycles. The van der Waals surface area contributed by atoms with Crippen LogP contribution >= 0.6 is 0 Å². The van der Waals surface area contributed by atoms with E-state index in [1.807, 2.05) is 12.2 Å². The SMILES string of the molecule is CC1(C)CC(NC(=O)C2CC=CCC2C(=O)O)CC(C)(C)N1. The summed E-state index contributed by atoms with van der Waals surface area (Å²) in [7, 11) is 0. The fraction of sp³-hybridized carbons (Fsp3) is 0.765. The Morgan fingerprint density at radius 1 is 1.05 bits per heavy atom. The van der Waals surface area contributed by atoms with Gasteiger partial charge < -0.3 is 15.7 Å². The molecule has 3 N–H and O–H groups in total. The molecule has 22 heavy (non-hydrogen) atoms. The zero-order valence-electron chi connectivity index (χ0n) is 14.0. The van der Waals surface area contributed by atoms with Crippen molar-refractivity contribution in [3.63, 3.8) is 0 Å². The first-order chi connectivity index (χ1) is 10.1. The van der Waals surface area contributed by atoms with Crippen LogP contribution in [0.1, 0.15) is 53.4 Å². The molecule has 5 heteroatoms. The molecule has 2 rings (SSSR count). The first-order valence-electron chi connectivity index (χ1n) is 8.07. The lowest BCUT2D eigenvalue weighted by Gasteiger charge is -2.47. The first-order valence-corrected chi connectivity index (χ1v) is 8.07. The highest BCUT2D eigenvalue weighted by molar-refractivity contribution is 5.85. The monoisotopic (exact) mass is 308 g/mol. The first kappa shape index (κ1) is 17.0. The summed E-state index contributed by atoms with van der Waals surface area (Å²) in [5.74, 6) is -2.05. The van der Waals surface area contributed by atoms with Gasteiger partial charge in [0, 0.05) is 17.1 Å². The van der Waals surface area contributed by atoms with Gasteiger partial charge >= 0.3 is 5.97 Å². The van der Waals surface area contributed by atoms with Crippen molar-refractivity contribution in [3.8, 4) is 0 Å². The Bertz CT molecular complexity index is 466. The fourth-order valence-corrected chi connectivity index (χ4v) is 4.11. The van der Waals surface area contributed by atoms with E-state index in [9.17, 15) is 14.7 Å². The molecule has 0 radical (unpaired) electrons. The molecule has 124 valence electrons. The van der Waals surface area contributed by atoms with Crippen LogP contribution in [0.2, 0.25) is 0 Å². The summed E-state index contributed by atoms with van der Waals surface area (Å²) in [6.07, 6.45) is 6.43. The summed E-state index contributed by atoms with van der Waals surface area (Å²) in [6, 6.07) is 0.0825. The molecule has 1 fully saturated rings. The normalized spacial score (nSPS) is 30.7. The van der Waals surface area contributed by atoms with E-state index in [4.69, 9.17) is 0 Å². The van der Waals surface area contributed by atoms with Crippen LogP contribution in [0.25, 0.3) is 0 Å². The summed E-state index contributed by atoms with van der Waals surface area (Å²) in [6.45, 7) is 8.54. The van der Waals surface area contributed by atoms with Crippen LogP contribution in [0.15, 0.2) is 12.2 Å². The van der Waals surface area contributed by atoms with Gasteiger partial charge in [0.1, 0.15) is 0 Å². The minimum atomic E-state index is -0.879. The second kappa shape index (κ2) is 6.03. The van der Waals surface area contributed by atoms with Crippen molar-refractivity contribution in [2.24, 2.45) is 11.8 Å². The van der Waals surface area contributed by atoms with Gasteiger partial charge in [0.25, 0.3) is 0 Å². The average Bonchev–Trinajstić information content (AvgIpc) is 2.34. The predicted molar refractivity (Wildman–Crippen MR) is 85.4 cm³/mol. The van der Waals surface area contributed by atoms with Gasteiger partial charge in [-0.15, -0.1) is 0 Å². The van der Waals surface area contributed by atoms with E-state index in [2.05, 4.69) is 38.3 Å². The maximum absolute atomic E-state index is 12.6. The number of hydrogen-bond acceptors (Lipinski definition) is 3. The van der Waals surface area contributed by atoms with Gasteiger partial charge in [-0.05, 0) is 53.4 Å². The van der Waals surface area contributed by atoms with Crippen LogP contribution in [0, 0.1) is 11.8 Å². The molecule has 2 aliphatic rings. The topological polar surface area (TPSA) is 78.4 Å². The Kier molecular flexibility index (Phi) is 4.66. The van der Waals surface area contributed by atoms with Crippen molar-refractivity contribution in [1.82, 2.24) is 10.6 Å². The number of allylic oxidation sites excluding steroid dienone is 2. The smallest absolute Gasteiger partial charge is 0.307 e. The van der Waals surface area contributed by atoms with Crippen molar-refractivity contribution in [2.75, 3.05) is 0 Å². The fourth-order valence-electron chi connectivity index (χ4n) is 4.11. The van der Waals surface area contributed by atoms with Crippen LogP contribution in [-0.4, -0.2) is 34.1 Å². The number of amides is 1. The Labute approximate surface area is 132 Å².